The number of hydrogen-bond donors (Lipinski definition) is 2. The molecule has 0 saturated heterocycles. The Labute approximate surface area is 125 Å². The van der Waals surface area contributed by atoms with Crippen molar-refractivity contribution in [2.45, 2.75) is 32.2 Å². The quantitative estimate of drug-likeness (QED) is 0.874. The summed E-state index contributed by atoms with van der Waals surface area (Å²) in [6.07, 6.45) is 7.49. The fraction of sp³-hybridized carbons (Fsp3) is 0.571. The minimum atomic E-state index is -0.385. The van der Waals surface area contributed by atoms with E-state index in [9.17, 15) is 14.7 Å². The van der Waals surface area contributed by atoms with Crippen LogP contribution in [-0.4, -0.2) is 21.3 Å². The zero-order valence-electron chi connectivity index (χ0n) is 11.2. The Hall–Kier alpha value is -1.14. The summed E-state index contributed by atoms with van der Waals surface area (Å²) in [5.41, 5.74) is -0.328. The molecule has 20 heavy (non-hydrogen) atoms. The lowest BCUT2D eigenvalue weighted by Gasteiger charge is -2.30. The van der Waals surface area contributed by atoms with E-state index in [2.05, 4.69) is 20.9 Å². The van der Waals surface area contributed by atoms with Gasteiger partial charge in [-0.25, -0.2) is 4.79 Å². The number of halogens is 1. The van der Waals surface area contributed by atoms with Crippen LogP contribution in [0.2, 0.25) is 0 Å². The minimum absolute atomic E-state index is 0.164. The molecule has 0 aliphatic heterocycles. The van der Waals surface area contributed by atoms with Gasteiger partial charge in [-0.2, -0.15) is 0 Å². The molecule has 1 saturated carbocycles. The topological polar surface area (TPSA) is 75.1 Å². The van der Waals surface area contributed by atoms with Crippen molar-refractivity contribution in [2.24, 2.45) is 11.8 Å². The number of aliphatic hydroxyl groups is 1. The van der Waals surface area contributed by atoms with Crippen molar-refractivity contribution in [3.8, 4) is 0 Å². The molecule has 0 spiro atoms. The molecule has 1 heterocycles. The van der Waals surface area contributed by atoms with Gasteiger partial charge in [-0.1, -0.05) is 28.8 Å². The maximum atomic E-state index is 11.9. The Morgan fingerprint density at radius 3 is 2.70 bits per heavy atom. The summed E-state index contributed by atoms with van der Waals surface area (Å²) in [6, 6.07) is 0. The lowest BCUT2D eigenvalue weighted by Crippen LogP contribution is -2.35. The van der Waals surface area contributed by atoms with E-state index < -0.39 is 0 Å². The van der Waals surface area contributed by atoms with E-state index in [0.717, 1.165) is 25.7 Å². The first-order valence-corrected chi connectivity index (χ1v) is 7.78. The third-order valence-electron chi connectivity index (χ3n) is 4.01. The third-order valence-corrected chi connectivity index (χ3v) is 4.28. The maximum absolute atomic E-state index is 11.9. The third kappa shape index (κ3) is 3.49. The summed E-state index contributed by atoms with van der Waals surface area (Å²) in [5, 5.41) is 9.43. The second kappa shape index (κ2) is 7.04. The molecule has 1 aromatic heterocycles. The summed E-state index contributed by atoms with van der Waals surface area (Å²) in [4.78, 5) is 27.4. The Morgan fingerprint density at radius 1 is 1.35 bits per heavy atom. The van der Waals surface area contributed by atoms with Crippen molar-refractivity contribution in [3.63, 3.8) is 0 Å². The van der Waals surface area contributed by atoms with Crippen LogP contribution in [0.4, 0.5) is 0 Å². The fourth-order valence-electron chi connectivity index (χ4n) is 2.87. The lowest BCUT2D eigenvalue weighted by molar-refractivity contribution is 0.122. The number of H-pyrrole nitrogens is 1. The summed E-state index contributed by atoms with van der Waals surface area (Å²) in [7, 11) is 0. The van der Waals surface area contributed by atoms with Gasteiger partial charge in [-0.15, -0.1) is 0 Å². The van der Waals surface area contributed by atoms with Crippen molar-refractivity contribution in [2.75, 3.05) is 6.61 Å². The fourth-order valence-corrected chi connectivity index (χ4v) is 3.15. The van der Waals surface area contributed by atoms with E-state index in [1.807, 2.05) is 0 Å². The first-order valence-electron chi connectivity index (χ1n) is 6.87. The minimum Gasteiger partial charge on any atom is -0.396 e. The number of aromatic amines is 1. The van der Waals surface area contributed by atoms with Gasteiger partial charge >= 0.3 is 5.69 Å². The SMILES string of the molecule is O=c1[nH]c(=O)n(CC2CCCCC2CO)cc1/C=C/Br. The van der Waals surface area contributed by atoms with Crippen molar-refractivity contribution < 1.29 is 5.11 Å². The summed E-state index contributed by atoms with van der Waals surface area (Å²) in [6.45, 7) is 0.709. The highest BCUT2D eigenvalue weighted by Crippen LogP contribution is 2.30. The van der Waals surface area contributed by atoms with E-state index in [-0.39, 0.29) is 29.7 Å². The van der Waals surface area contributed by atoms with E-state index in [1.165, 1.54) is 0 Å². The lowest BCUT2D eigenvalue weighted by atomic mass is 9.79. The monoisotopic (exact) mass is 342 g/mol. The molecule has 1 aliphatic carbocycles. The van der Waals surface area contributed by atoms with Gasteiger partial charge in [0, 0.05) is 19.3 Å². The summed E-state index contributed by atoms with van der Waals surface area (Å²) in [5.74, 6) is 0.538. The molecule has 2 N–H and O–H groups in total. The van der Waals surface area contributed by atoms with E-state index in [4.69, 9.17) is 0 Å². The molecular weight excluding hydrogens is 324 g/mol. The van der Waals surface area contributed by atoms with Crippen molar-refractivity contribution in [1.82, 2.24) is 9.55 Å². The van der Waals surface area contributed by atoms with E-state index in [1.54, 1.807) is 21.8 Å². The standard InChI is InChI=1S/C14H19BrN2O3/c15-6-5-11-8-17(14(20)16-13(11)19)7-10-3-1-2-4-12(10)9-18/h5-6,8,10,12,18H,1-4,7,9H2,(H,16,19,20)/b6-5+. The first kappa shape index (κ1) is 15.3. The molecule has 0 aromatic carbocycles. The van der Waals surface area contributed by atoms with Gasteiger partial charge in [0.15, 0.2) is 0 Å². The molecular formula is C14H19BrN2O3. The summed E-state index contributed by atoms with van der Waals surface area (Å²) < 4.78 is 1.54. The van der Waals surface area contributed by atoms with Gasteiger partial charge in [0.2, 0.25) is 0 Å². The predicted molar refractivity (Wildman–Crippen MR) is 81.8 cm³/mol. The Kier molecular flexibility index (Phi) is 5.37. The molecule has 0 amide bonds. The second-order valence-electron chi connectivity index (χ2n) is 5.28. The molecule has 0 radical (unpaired) electrons. The highest BCUT2D eigenvalue weighted by Gasteiger charge is 2.25. The number of nitrogens with zero attached hydrogens (tertiary/aromatic N) is 1. The van der Waals surface area contributed by atoms with Crippen LogP contribution in [0.25, 0.3) is 6.08 Å². The van der Waals surface area contributed by atoms with Crippen LogP contribution in [0.1, 0.15) is 31.2 Å². The van der Waals surface area contributed by atoms with Gasteiger partial charge in [0.25, 0.3) is 5.56 Å². The molecule has 6 heteroatoms. The average molecular weight is 343 g/mol. The van der Waals surface area contributed by atoms with Crippen LogP contribution >= 0.6 is 15.9 Å². The van der Waals surface area contributed by atoms with Gasteiger partial charge < -0.3 is 5.11 Å². The van der Waals surface area contributed by atoms with Crippen LogP contribution in [0.5, 0.6) is 0 Å². The van der Waals surface area contributed by atoms with Gasteiger partial charge in [0.1, 0.15) is 0 Å². The zero-order valence-corrected chi connectivity index (χ0v) is 12.8. The Bertz CT molecular complexity index is 591. The smallest absolute Gasteiger partial charge is 0.328 e. The molecule has 1 aliphatic rings. The largest absolute Gasteiger partial charge is 0.396 e. The molecule has 0 bridgehead atoms. The van der Waals surface area contributed by atoms with E-state index in [0.29, 0.717) is 12.1 Å². The second-order valence-corrected chi connectivity index (χ2v) is 5.80. The van der Waals surface area contributed by atoms with Crippen LogP contribution in [0.3, 0.4) is 0 Å². The highest BCUT2D eigenvalue weighted by molar-refractivity contribution is 9.11. The van der Waals surface area contributed by atoms with Crippen molar-refractivity contribution in [1.29, 1.82) is 0 Å². The number of aliphatic hydroxyl groups excluding tert-OH is 1. The van der Waals surface area contributed by atoms with Crippen molar-refractivity contribution in [3.05, 3.63) is 37.6 Å². The average Bonchev–Trinajstić information content (AvgIpc) is 2.45. The number of hydrogen-bond acceptors (Lipinski definition) is 3. The van der Waals surface area contributed by atoms with Gasteiger partial charge in [-0.05, 0) is 35.7 Å². The Morgan fingerprint density at radius 2 is 2.05 bits per heavy atom. The normalized spacial score (nSPS) is 23.3. The number of rotatable bonds is 4. The van der Waals surface area contributed by atoms with Crippen LogP contribution < -0.4 is 11.2 Å². The van der Waals surface area contributed by atoms with E-state index >= 15 is 0 Å². The molecule has 2 atom stereocenters. The number of aromatic nitrogens is 2. The van der Waals surface area contributed by atoms with Gasteiger partial charge in [0.05, 0.1) is 5.56 Å². The molecule has 1 aromatic rings. The molecule has 2 rings (SSSR count). The molecule has 1 fully saturated rings. The van der Waals surface area contributed by atoms with Crippen molar-refractivity contribution >= 4 is 22.0 Å². The summed E-state index contributed by atoms with van der Waals surface area (Å²) >= 11 is 3.13. The van der Waals surface area contributed by atoms with Crippen LogP contribution in [-0.2, 0) is 6.54 Å². The zero-order chi connectivity index (χ0) is 14.5. The van der Waals surface area contributed by atoms with Gasteiger partial charge in [-0.3, -0.25) is 14.3 Å². The number of nitrogens with one attached hydrogen (secondary N) is 1. The molecule has 2 unspecified atom stereocenters. The molecule has 110 valence electrons. The van der Waals surface area contributed by atoms with Crippen LogP contribution in [0.15, 0.2) is 20.8 Å². The predicted octanol–water partition coefficient (Wildman–Crippen LogP) is 1.70. The first-order chi connectivity index (χ1) is 9.65. The maximum Gasteiger partial charge on any atom is 0.328 e. The molecule has 5 nitrogen and oxygen atoms in total. The van der Waals surface area contributed by atoms with Crippen LogP contribution in [0, 0.1) is 11.8 Å². The highest BCUT2D eigenvalue weighted by atomic mass is 79.9. The Balaban J connectivity index is 2.26.